The molecular weight excluding hydrogens is 409 g/mol. The van der Waals surface area contributed by atoms with Crippen LogP contribution in [0, 0.1) is 5.82 Å². The van der Waals surface area contributed by atoms with Gasteiger partial charge >= 0.3 is 0 Å². The topological polar surface area (TPSA) is 61.9 Å². The van der Waals surface area contributed by atoms with E-state index >= 15 is 0 Å². The highest BCUT2D eigenvalue weighted by molar-refractivity contribution is 6.12. The van der Waals surface area contributed by atoms with Crippen LogP contribution in [0.5, 0.6) is 5.75 Å². The first-order valence-electron chi connectivity index (χ1n) is 11.0. The Balaban J connectivity index is 1.65. The number of rotatable bonds is 10. The van der Waals surface area contributed by atoms with Crippen molar-refractivity contribution in [1.82, 2.24) is 10.2 Å². The van der Waals surface area contributed by atoms with Crippen LogP contribution in [0.1, 0.15) is 31.7 Å². The van der Waals surface area contributed by atoms with Gasteiger partial charge in [0.05, 0.1) is 5.69 Å². The van der Waals surface area contributed by atoms with Gasteiger partial charge in [-0.2, -0.15) is 0 Å². The van der Waals surface area contributed by atoms with E-state index in [1.807, 2.05) is 0 Å². The number of halogens is 1. The van der Waals surface area contributed by atoms with Crippen LogP contribution in [0.2, 0.25) is 0 Å². The average Bonchev–Trinajstić information content (AvgIpc) is 2.78. The van der Waals surface area contributed by atoms with Crippen molar-refractivity contribution >= 4 is 23.6 Å². The van der Waals surface area contributed by atoms with E-state index in [2.05, 4.69) is 24.2 Å². The number of hydrogen-bond donors (Lipinski definition) is 1. The second-order valence-electron chi connectivity index (χ2n) is 7.89. The molecule has 1 aliphatic rings. The predicted molar refractivity (Wildman–Crippen MR) is 124 cm³/mol. The van der Waals surface area contributed by atoms with Gasteiger partial charge in [0.15, 0.2) is 11.5 Å². The molecule has 0 unspecified atom stereocenters. The molecule has 0 radical (unpaired) electrons. The molecule has 1 N–H and O–H groups in total. The molecule has 7 heteroatoms. The van der Waals surface area contributed by atoms with Crippen LogP contribution in [-0.2, 0) is 9.59 Å². The molecule has 0 saturated carbocycles. The van der Waals surface area contributed by atoms with Gasteiger partial charge in [-0.05, 0) is 68.9 Å². The van der Waals surface area contributed by atoms with Crippen molar-refractivity contribution in [2.24, 2.45) is 0 Å². The number of fused-ring (bicyclic) bond motifs is 1. The first-order valence-corrected chi connectivity index (χ1v) is 11.0. The number of carbonyl (C=O) groups is 2. The summed E-state index contributed by atoms with van der Waals surface area (Å²) in [4.78, 5) is 29.3. The summed E-state index contributed by atoms with van der Waals surface area (Å²) in [6.45, 7) is 4.54. The second kappa shape index (κ2) is 11.4. The molecule has 2 aromatic rings. The molecule has 0 fully saturated rings. The fourth-order valence-electron chi connectivity index (χ4n) is 3.48. The van der Waals surface area contributed by atoms with E-state index in [0.717, 1.165) is 32.4 Å². The van der Waals surface area contributed by atoms with Gasteiger partial charge in [0.2, 0.25) is 5.91 Å². The summed E-state index contributed by atoms with van der Waals surface area (Å²) in [6, 6.07) is 12.9. The lowest BCUT2D eigenvalue weighted by Crippen LogP contribution is -2.44. The maximum absolute atomic E-state index is 13.5. The van der Waals surface area contributed by atoms with Crippen molar-refractivity contribution in [2.75, 3.05) is 38.1 Å². The normalized spacial score (nSPS) is 14.4. The molecule has 0 aliphatic carbocycles. The predicted octanol–water partition coefficient (Wildman–Crippen LogP) is 3.83. The maximum Gasteiger partial charge on any atom is 0.294 e. The van der Waals surface area contributed by atoms with E-state index in [-0.39, 0.29) is 18.2 Å². The molecule has 32 heavy (non-hydrogen) atoms. The Labute approximate surface area is 188 Å². The summed E-state index contributed by atoms with van der Waals surface area (Å²) < 4.78 is 19.3. The zero-order valence-electron chi connectivity index (χ0n) is 18.6. The summed E-state index contributed by atoms with van der Waals surface area (Å²) in [7, 11) is 2.08. The number of benzene rings is 2. The van der Waals surface area contributed by atoms with Crippen LogP contribution in [-0.4, -0.2) is 49.9 Å². The van der Waals surface area contributed by atoms with Crippen molar-refractivity contribution in [1.29, 1.82) is 0 Å². The van der Waals surface area contributed by atoms with Gasteiger partial charge in [-0.25, -0.2) is 4.39 Å². The van der Waals surface area contributed by atoms with E-state index < -0.39 is 11.7 Å². The number of unbranched alkanes of at least 4 members (excludes halogenated alkanes) is 1. The molecule has 0 atom stereocenters. The maximum atomic E-state index is 13.5. The molecule has 0 saturated heterocycles. The van der Waals surface area contributed by atoms with Gasteiger partial charge in [0, 0.05) is 6.54 Å². The number of hydrogen-bond acceptors (Lipinski definition) is 4. The van der Waals surface area contributed by atoms with Crippen LogP contribution in [0.4, 0.5) is 10.1 Å². The quantitative estimate of drug-likeness (QED) is 0.452. The molecule has 170 valence electrons. The van der Waals surface area contributed by atoms with Gasteiger partial charge in [0.1, 0.15) is 12.4 Å². The van der Waals surface area contributed by atoms with Crippen molar-refractivity contribution in [3.8, 4) is 5.75 Å². The average molecular weight is 440 g/mol. The number of para-hydroxylation sites is 2. The first-order chi connectivity index (χ1) is 15.5. The molecule has 1 heterocycles. The third-order valence-corrected chi connectivity index (χ3v) is 5.21. The highest BCUT2D eigenvalue weighted by Gasteiger charge is 2.31. The summed E-state index contributed by atoms with van der Waals surface area (Å²) in [6.07, 6.45) is 4.64. The molecule has 2 amide bonds. The van der Waals surface area contributed by atoms with Crippen LogP contribution in [0.15, 0.2) is 54.3 Å². The summed E-state index contributed by atoms with van der Waals surface area (Å²) >= 11 is 0. The standard InChI is InChI=1S/C25H30FN3O3/c1-3-4-14-28(2)15-8-13-27-24(30)18-29-21-11-5-6-12-22(21)32-23(25(29)31)17-19-9-7-10-20(26)16-19/h5-7,9-12,16-17H,3-4,8,13-15,18H2,1-2H3,(H,27,30)/b23-17+. The highest BCUT2D eigenvalue weighted by atomic mass is 19.1. The SMILES string of the molecule is CCCCN(C)CCCNC(=O)CN1C(=O)/C(=C\c2cccc(F)c2)Oc2ccccc21. The molecule has 2 aromatic carbocycles. The minimum absolute atomic E-state index is 0.0413. The largest absolute Gasteiger partial charge is 0.449 e. The lowest BCUT2D eigenvalue weighted by molar-refractivity contribution is -0.123. The lowest BCUT2D eigenvalue weighted by Gasteiger charge is -2.30. The summed E-state index contributed by atoms with van der Waals surface area (Å²) in [5.41, 5.74) is 1.03. The Kier molecular flexibility index (Phi) is 8.39. The Morgan fingerprint density at radius 2 is 1.94 bits per heavy atom. The molecule has 0 bridgehead atoms. The Morgan fingerprint density at radius 3 is 2.72 bits per heavy atom. The van der Waals surface area contributed by atoms with E-state index in [0.29, 0.717) is 23.5 Å². The van der Waals surface area contributed by atoms with Gasteiger partial charge in [-0.3, -0.25) is 14.5 Å². The third kappa shape index (κ3) is 6.40. The van der Waals surface area contributed by atoms with Gasteiger partial charge in [-0.15, -0.1) is 0 Å². The molecule has 3 rings (SSSR count). The zero-order chi connectivity index (χ0) is 22.9. The number of amides is 2. The fourth-order valence-corrected chi connectivity index (χ4v) is 3.48. The summed E-state index contributed by atoms with van der Waals surface area (Å²) in [5, 5.41) is 2.90. The van der Waals surface area contributed by atoms with Crippen molar-refractivity contribution in [3.63, 3.8) is 0 Å². The Hall–Kier alpha value is -3.19. The molecule has 0 spiro atoms. The number of nitrogens with one attached hydrogen (secondary N) is 1. The van der Waals surface area contributed by atoms with Gasteiger partial charge < -0.3 is 15.0 Å². The highest BCUT2D eigenvalue weighted by Crippen LogP contribution is 2.35. The summed E-state index contributed by atoms with van der Waals surface area (Å²) in [5.74, 6) is -0.571. The molecule has 6 nitrogen and oxygen atoms in total. The van der Waals surface area contributed by atoms with Crippen LogP contribution >= 0.6 is 0 Å². The zero-order valence-corrected chi connectivity index (χ0v) is 18.6. The molecule has 0 aromatic heterocycles. The number of anilines is 1. The van der Waals surface area contributed by atoms with E-state index in [9.17, 15) is 14.0 Å². The van der Waals surface area contributed by atoms with Crippen LogP contribution in [0.25, 0.3) is 6.08 Å². The molecule has 1 aliphatic heterocycles. The fraction of sp³-hybridized carbons (Fsp3) is 0.360. The van der Waals surface area contributed by atoms with E-state index in [4.69, 9.17) is 4.74 Å². The third-order valence-electron chi connectivity index (χ3n) is 5.21. The Bertz CT molecular complexity index is 976. The monoisotopic (exact) mass is 439 g/mol. The number of ether oxygens (including phenoxy) is 1. The second-order valence-corrected chi connectivity index (χ2v) is 7.89. The lowest BCUT2D eigenvalue weighted by atomic mass is 10.1. The van der Waals surface area contributed by atoms with Gasteiger partial charge in [-0.1, -0.05) is 37.6 Å². The number of carbonyl (C=O) groups excluding carboxylic acids is 2. The van der Waals surface area contributed by atoms with E-state index in [1.165, 1.54) is 23.1 Å². The minimum Gasteiger partial charge on any atom is -0.449 e. The Morgan fingerprint density at radius 1 is 1.16 bits per heavy atom. The number of nitrogens with zero attached hydrogens (tertiary/aromatic N) is 2. The van der Waals surface area contributed by atoms with Crippen molar-refractivity contribution in [3.05, 3.63) is 65.7 Å². The molecular formula is C25H30FN3O3. The smallest absolute Gasteiger partial charge is 0.294 e. The van der Waals surface area contributed by atoms with E-state index in [1.54, 1.807) is 36.4 Å². The van der Waals surface area contributed by atoms with Crippen molar-refractivity contribution < 1.29 is 18.7 Å². The van der Waals surface area contributed by atoms with Crippen molar-refractivity contribution in [2.45, 2.75) is 26.2 Å². The van der Waals surface area contributed by atoms with Crippen LogP contribution < -0.4 is 15.0 Å². The van der Waals surface area contributed by atoms with Crippen LogP contribution in [0.3, 0.4) is 0 Å². The minimum atomic E-state index is -0.442. The first kappa shape index (κ1) is 23.5. The van der Waals surface area contributed by atoms with Gasteiger partial charge in [0.25, 0.3) is 5.91 Å².